The number of carbonyl (C=O) groups excluding carboxylic acids is 1. The lowest BCUT2D eigenvalue weighted by molar-refractivity contribution is 0.0943. The third kappa shape index (κ3) is 4.84. The fourth-order valence-corrected chi connectivity index (χ4v) is 2.71. The highest BCUT2D eigenvalue weighted by atomic mass is 16.3. The van der Waals surface area contributed by atoms with Crippen molar-refractivity contribution in [2.45, 2.75) is 20.4 Å². The van der Waals surface area contributed by atoms with Gasteiger partial charge in [0.1, 0.15) is 23.6 Å². The summed E-state index contributed by atoms with van der Waals surface area (Å²) in [4.78, 5) is 22.8. The number of benzene rings is 1. The van der Waals surface area contributed by atoms with E-state index in [1.54, 1.807) is 24.5 Å². The van der Waals surface area contributed by atoms with E-state index >= 15 is 0 Å². The van der Waals surface area contributed by atoms with Crippen LogP contribution in [0.2, 0.25) is 0 Å². The number of nitrogens with one attached hydrogen (secondary N) is 2. The van der Waals surface area contributed by atoms with E-state index in [4.69, 9.17) is 4.42 Å². The third-order valence-corrected chi connectivity index (χ3v) is 4.17. The van der Waals surface area contributed by atoms with Crippen molar-refractivity contribution >= 4 is 23.1 Å². The second-order valence-electron chi connectivity index (χ2n) is 5.89. The molecule has 1 amide bonds. The average Bonchev–Trinajstić information content (AvgIpc) is 3.22. The summed E-state index contributed by atoms with van der Waals surface area (Å²) >= 11 is 0. The van der Waals surface area contributed by atoms with Gasteiger partial charge >= 0.3 is 0 Å². The molecule has 7 nitrogen and oxygen atoms in total. The molecule has 0 radical (unpaired) electrons. The topological polar surface area (TPSA) is 83.3 Å². The number of carbonyl (C=O) groups is 1. The van der Waals surface area contributed by atoms with Crippen LogP contribution in [0.25, 0.3) is 0 Å². The van der Waals surface area contributed by atoms with Gasteiger partial charge in [-0.15, -0.1) is 0 Å². The third-order valence-electron chi connectivity index (χ3n) is 4.17. The van der Waals surface area contributed by atoms with Crippen molar-refractivity contribution in [2.75, 3.05) is 23.3 Å². The van der Waals surface area contributed by atoms with Gasteiger partial charge in [0.15, 0.2) is 0 Å². The Morgan fingerprint density at radius 3 is 2.56 bits per heavy atom. The van der Waals surface area contributed by atoms with Crippen molar-refractivity contribution in [3.8, 4) is 0 Å². The molecule has 0 aliphatic carbocycles. The molecule has 0 bridgehead atoms. The lowest BCUT2D eigenvalue weighted by Crippen LogP contribution is -2.23. The number of furan rings is 1. The Hall–Kier alpha value is -3.35. The molecule has 2 N–H and O–H groups in total. The minimum Gasteiger partial charge on any atom is -0.467 e. The van der Waals surface area contributed by atoms with E-state index in [1.165, 1.54) is 12.0 Å². The molecule has 0 aliphatic heterocycles. The van der Waals surface area contributed by atoms with Crippen LogP contribution in [0.1, 0.15) is 30.1 Å². The summed E-state index contributed by atoms with van der Waals surface area (Å²) in [6, 6.07) is 13.3. The van der Waals surface area contributed by atoms with Gasteiger partial charge in [-0.2, -0.15) is 0 Å². The zero-order chi connectivity index (χ0) is 19.1. The first kappa shape index (κ1) is 18.4. The molecule has 0 saturated heterocycles. The molecule has 2 heterocycles. The molecule has 27 heavy (non-hydrogen) atoms. The highest BCUT2D eigenvalue weighted by molar-refractivity contribution is 5.92. The zero-order valence-electron chi connectivity index (χ0n) is 15.5. The summed E-state index contributed by atoms with van der Waals surface area (Å²) in [7, 11) is 0. The Kier molecular flexibility index (Phi) is 6.04. The minimum absolute atomic E-state index is 0.284. The maximum Gasteiger partial charge on any atom is 0.270 e. The fraction of sp³-hybridized carbons (Fsp3) is 0.250. The van der Waals surface area contributed by atoms with Gasteiger partial charge in [0.05, 0.1) is 12.8 Å². The summed E-state index contributed by atoms with van der Waals surface area (Å²) in [6.45, 7) is 6.51. The number of amides is 1. The highest BCUT2D eigenvalue weighted by Gasteiger charge is 2.10. The number of nitrogens with zero attached hydrogens (tertiary/aromatic N) is 3. The molecule has 0 unspecified atom stereocenters. The van der Waals surface area contributed by atoms with Gasteiger partial charge in [-0.05, 0) is 50.2 Å². The molecule has 1 aromatic carbocycles. The summed E-state index contributed by atoms with van der Waals surface area (Å²) in [6.07, 6.45) is 2.94. The first-order chi connectivity index (χ1) is 13.2. The summed E-state index contributed by atoms with van der Waals surface area (Å²) < 4.78 is 5.20. The summed E-state index contributed by atoms with van der Waals surface area (Å²) in [5.74, 6) is 0.960. The van der Waals surface area contributed by atoms with Crippen molar-refractivity contribution in [1.29, 1.82) is 0 Å². The van der Waals surface area contributed by atoms with Gasteiger partial charge in [0.25, 0.3) is 5.91 Å². The molecule has 0 spiro atoms. The van der Waals surface area contributed by atoms with E-state index < -0.39 is 0 Å². The summed E-state index contributed by atoms with van der Waals surface area (Å²) in [5, 5.41) is 5.97. The van der Waals surface area contributed by atoms with E-state index in [0.717, 1.165) is 18.8 Å². The average molecular weight is 365 g/mol. The molecule has 0 fully saturated rings. The molecule has 3 rings (SSSR count). The van der Waals surface area contributed by atoms with Crippen LogP contribution >= 0.6 is 0 Å². The molecule has 0 atom stereocenters. The quantitative estimate of drug-likeness (QED) is 0.635. The SMILES string of the molecule is CCN(CC)c1ccc(Nc2cc(C(=O)NCc3ccco3)ncn2)cc1. The first-order valence-corrected chi connectivity index (χ1v) is 8.94. The molecule has 140 valence electrons. The van der Waals surface area contributed by atoms with E-state index in [1.807, 2.05) is 12.1 Å². The van der Waals surface area contributed by atoms with Gasteiger partial charge in [-0.1, -0.05) is 0 Å². The standard InChI is InChI=1S/C20H23N5O2/c1-3-25(4-2)16-9-7-15(8-10-16)24-19-12-18(22-14-23-19)20(26)21-13-17-6-5-11-27-17/h5-12,14H,3-4,13H2,1-2H3,(H,21,26)(H,22,23,24). The number of rotatable bonds is 8. The van der Waals surface area contributed by atoms with Crippen LogP contribution < -0.4 is 15.5 Å². The maximum absolute atomic E-state index is 12.3. The smallest absolute Gasteiger partial charge is 0.270 e. The number of anilines is 3. The van der Waals surface area contributed by atoms with Gasteiger partial charge < -0.3 is 20.0 Å². The van der Waals surface area contributed by atoms with Crippen molar-refractivity contribution in [2.24, 2.45) is 0 Å². The number of aromatic nitrogens is 2. The van der Waals surface area contributed by atoms with Crippen LogP contribution in [-0.2, 0) is 6.54 Å². The van der Waals surface area contributed by atoms with Crippen LogP contribution in [0.15, 0.2) is 59.5 Å². The molecule has 2 aromatic heterocycles. The molecule has 0 aliphatic rings. The molecule has 3 aromatic rings. The monoisotopic (exact) mass is 365 g/mol. The van der Waals surface area contributed by atoms with E-state index in [0.29, 0.717) is 23.8 Å². The van der Waals surface area contributed by atoms with Crippen LogP contribution in [-0.4, -0.2) is 29.0 Å². The largest absolute Gasteiger partial charge is 0.467 e. The minimum atomic E-state index is -0.284. The lowest BCUT2D eigenvalue weighted by atomic mass is 10.2. The highest BCUT2D eigenvalue weighted by Crippen LogP contribution is 2.20. The van der Waals surface area contributed by atoms with E-state index in [9.17, 15) is 4.79 Å². The second kappa shape index (κ2) is 8.84. The van der Waals surface area contributed by atoms with Crippen LogP contribution in [0, 0.1) is 0 Å². The van der Waals surface area contributed by atoms with Crippen molar-refractivity contribution in [1.82, 2.24) is 15.3 Å². The second-order valence-corrected chi connectivity index (χ2v) is 5.89. The normalized spacial score (nSPS) is 10.4. The van der Waals surface area contributed by atoms with Gasteiger partial charge in [0.2, 0.25) is 0 Å². The predicted molar refractivity (Wildman–Crippen MR) is 105 cm³/mol. The molecular formula is C20H23N5O2. The van der Waals surface area contributed by atoms with Crippen LogP contribution in [0.4, 0.5) is 17.2 Å². The Balaban J connectivity index is 1.64. The zero-order valence-corrected chi connectivity index (χ0v) is 15.5. The Labute approximate surface area is 158 Å². The number of hydrogen-bond acceptors (Lipinski definition) is 6. The van der Waals surface area contributed by atoms with E-state index in [2.05, 4.69) is 51.5 Å². The van der Waals surface area contributed by atoms with Crippen molar-refractivity contribution in [3.63, 3.8) is 0 Å². The molecular weight excluding hydrogens is 342 g/mol. The maximum atomic E-state index is 12.3. The van der Waals surface area contributed by atoms with Crippen molar-refractivity contribution < 1.29 is 9.21 Å². The lowest BCUT2D eigenvalue weighted by Gasteiger charge is -2.21. The van der Waals surface area contributed by atoms with Crippen LogP contribution in [0.5, 0.6) is 0 Å². The first-order valence-electron chi connectivity index (χ1n) is 8.94. The van der Waals surface area contributed by atoms with Gasteiger partial charge in [0, 0.05) is 30.5 Å². The van der Waals surface area contributed by atoms with Crippen LogP contribution in [0.3, 0.4) is 0 Å². The van der Waals surface area contributed by atoms with Gasteiger partial charge in [-0.25, -0.2) is 9.97 Å². The predicted octanol–water partition coefficient (Wildman–Crippen LogP) is 3.59. The molecule has 0 saturated carbocycles. The Bertz CT molecular complexity index is 858. The number of hydrogen-bond donors (Lipinski definition) is 2. The van der Waals surface area contributed by atoms with E-state index in [-0.39, 0.29) is 5.91 Å². The van der Waals surface area contributed by atoms with Gasteiger partial charge in [-0.3, -0.25) is 4.79 Å². The Morgan fingerprint density at radius 2 is 1.89 bits per heavy atom. The fourth-order valence-electron chi connectivity index (χ4n) is 2.71. The van der Waals surface area contributed by atoms with Crippen molar-refractivity contribution in [3.05, 3.63) is 66.5 Å². The summed E-state index contributed by atoms with van der Waals surface area (Å²) in [5.41, 5.74) is 2.36. The Morgan fingerprint density at radius 1 is 1.11 bits per heavy atom. The molecule has 7 heteroatoms.